The summed E-state index contributed by atoms with van der Waals surface area (Å²) in [5.41, 5.74) is -1.89. The summed E-state index contributed by atoms with van der Waals surface area (Å²) in [7, 11) is 2.42. The molecule has 15 nitrogen and oxygen atoms in total. The van der Waals surface area contributed by atoms with Crippen molar-refractivity contribution in [1.29, 1.82) is 0 Å². The topological polar surface area (TPSA) is 228 Å². The first-order chi connectivity index (χ1) is 24.1. The number of hydrogen-bond donors (Lipinski definition) is 6. The zero-order chi connectivity index (χ0) is 38.8. The smallest absolute Gasteiger partial charge is 0.330 e. The highest BCUT2D eigenvalue weighted by molar-refractivity contribution is 5.83. The van der Waals surface area contributed by atoms with Crippen LogP contribution in [0, 0.1) is 10.8 Å². The van der Waals surface area contributed by atoms with Gasteiger partial charge in [0.15, 0.2) is 5.79 Å². The van der Waals surface area contributed by atoms with Crippen molar-refractivity contribution in [1.82, 2.24) is 0 Å². The van der Waals surface area contributed by atoms with Crippen molar-refractivity contribution >= 4 is 17.9 Å². The van der Waals surface area contributed by atoms with Crippen LogP contribution in [0.2, 0.25) is 0 Å². The van der Waals surface area contributed by atoms with Gasteiger partial charge in [0.2, 0.25) is 5.79 Å². The molecule has 4 heterocycles. The maximum Gasteiger partial charge on any atom is 0.330 e. The fourth-order valence-corrected chi connectivity index (χ4v) is 7.43. The summed E-state index contributed by atoms with van der Waals surface area (Å²) in [6.45, 7) is 7.89. The van der Waals surface area contributed by atoms with Crippen LogP contribution in [0.4, 0.5) is 0 Å². The van der Waals surface area contributed by atoms with Gasteiger partial charge in [-0.2, -0.15) is 0 Å². The molecule has 4 rings (SSSR count). The lowest BCUT2D eigenvalue weighted by molar-refractivity contribution is -0.348. The molecule has 52 heavy (non-hydrogen) atoms. The summed E-state index contributed by atoms with van der Waals surface area (Å²) in [4.78, 5) is 37.7. The molecule has 11 atom stereocenters. The van der Waals surface area contributed by atoms with Crippen molar-refractivity contribution < 1.29 is 73.4 Å². The summed E-state index contributed by atoms with van der Waals surface area (Å²) >= 11 is 0. The van der Waals surface area contributed by atoms with Gasteiger partial charge in [0, 0.05) is 48.7 Å². The third kappa shape index (κ3) is 9.31. The molecule has 3 saturated heterocycles. The minimum absolute atomic E-state index is 0.0619. The summed E-state index contributed by atoms with van der Waals surface area (Å²) in [6, 6.07) is 0. The van der Waals surface area contributed by atoms with Crippen LogP contribution in [0.5, 0.6) is 0 Å². The predicted octanol–water partition coefficient (Wildman–Crippen LogP) is 1.25. The van der Waals surface area contributed by atoms with Gasteiger partial charge in [-0.1, -0.05) is 45.4 Å². The molecular weight excluding hydrogens is 684 g/mol. The Kier molecular flexibility index (Phi) is 13.2. The zero-order valence-electron chi connectivity index (χ0n) is 31.0. The third-order valence-corrected chi connectivity index (χ3v) is 11.0. The van der Waals surface area contributed by atoms with Crippen LogP contribution in [0.1, 0.15) is 86.0 Å². The summed E-state index contributed by atoms with van der Waals surface area (Å²) in [6.07, 6.45) is -4.73. The molecule has 294 valence electrons. The number of hydrogen-bond acceptors (Lipinski definition) is 15. The minimum Gasteiger partial charge on any atom is -0.466 e. The maximum atomic E-state index is 13.1. The Balaban J connectivity index is 1.81. The summed E-state index contributed by atoms with van der Waals surface area (Å²) < 4.78 is 34.0. The van der Waals surface area contributed by atoms with Crippen LogP contribution in [-0.4, -0.2) is 129 Å². The number of cyclic esters (lactones) is 1. The van der Waals surface area contributed by atoms with E-state index >= 15 is 0 Å². The number of fused-ring (bicyclic) bond motifs is 6. The molecule has 0 aromatic heterocycles. The number of esters is 3. The second-order valence-electron chi connectivity index (χ2n) is 15.7. The van der Waals surface area contributed by atoms with Crippen LogP contribution in [0.25, 0.3) is 0 Å². The Bertz CT molecular complexity index is 1400. The molecule has 0 aliphatic carbocycles. The van der Waals surface area contributed by atoms with Crippen LogP contribution >= 0.6 is 0 Å². The molecule has 0 radical (unpaired) electrons. The van der Waals surface area contributed by atoms with Gasteiger partial charge in [0.1, 0.15) is 12.2 Å². The molecule has 0 spiro atoms. The first-order valence-electron chi connectivity index (χ1n) is 17.8. The second-order valence-corrected chi connectivity index (χ2v) is 15.7. The highest BCUT2D eigenvalue weighted by Crippen LogP contribution is 2.49. The largest absolute Gasteiger partial charge is 0.466 e. The predicted molar refractivity (Wildman–Crippen MR) is 182 cm³/mol. The number of aliphatic hydroxyl groups is 6. The first-order valence-corrected chi connectivity index (χ1v) is 17.8. The zero-order valence-corrected chi connectivity index (χ0v) is 31.0. The van der Waals surface area contributed by atoms with E-state index in [2.05, 4.69) is 0 Å². The molecule has 0 aromatic rings. The molecule has 3 fully saturated rings. The molecule has 15 heteroatoms. The Morgan fingerprint density at radius 1 is 0.885 bits per heavy atom. The minimum atomic E-state index is -2.38. The van der Waals surface area contributed by atoms with Crippen molar-refractivity contribution in [3.63, 3.8) is 0 Å². The fourth-order valence-electron chi connectivity index (χ4n) is 7.43. The van der Waals surface area contributed by atoms with E-state index in [1.165, 1.54) is 27.2 Å². The Morgan fingerprint density at radius 2 is 1.54 bits per heavy atom. The molecule has 0 unspecified atom stereocenters. The molecule has 6 bridgehead atoms. The third-order valence-electron chi connectivity index (χ3n) is 11.0. The number of aliphatic hydroxyl groups excluding tert-OH is 4. The van der Waals surface area contributed by atoms with Crippen molar-refractivity contribution in [3.05, 3.63) is 35.5 Å². The van der Waals surface area contributed by atoms with Crippen LogP contribution in [0.15, 0.2) is 35.5 Å². The lowest BCUT2D eigenvalue weighted by atomic mass is 9.70. The highest BCUT2D eigenvalue weighted by atomic mass is 16.7. The average Bonchev–Trinajstić information content (AvgIpc) is 3.04. The molecule has 0 saturated carbocycles. The Morgan fingerprint density at radius 3 is 2.17 bits per heavy atom. The number of methoxy groups -OCH3 is 2. The summed E-state index contributed by atoms with van der Waals surface area (Å²) in [5, 5.41) is 68.5. The molecule has 4 aliphatic rings. The van der Waals surface area contributed by atoms with Gasteiger partial charge in [-0.3, -0.25) is 4.79 Å². The lowest BCUT2D eigenvalue weighted by Crippen LogP contribution is -2.61. The van der Waals surface area contributed by atoms with Crippen LogP contribution in [-0.2, 0) is 42.8 Å². The summed E-state index contributed by atoms with van der Waals surface area (Å²) in [5.74, 6) is -6.58. The van der Waals surface area contributed by atoms with Gasteiger partial charge in [-0.15, -0.1) is 0 Å². The first kappa shape index (κ1) is 42.0. The van der Waals surface area contributed by atoms with Gasteiger partial charge in [-0.05, 0) is 31.8 Å². The van der Waals surface area contributed by atoms with E-state index in [0.29, 0.717) is 5.57 Å². The monoisotopic (exact) mass is 740 g/mol. The molecule has 0 aromatic carbocycles. The molecular formula is C37H56O15. The molecule has 4 aliphatic heterocycles. The van der Waals surface area contributed by atoms with Crippen molar-refractivity contribution in [3.8, 4) is 0 Å². The number of carbonyl (C=O) groups is 3. The van der Waals surface area contributed by atoms with E-state index in [9.17, 15) is 45.0 Å². The number of rotatable bonds is 3. The fraction of sp³-hybridized carbons (Fsp3) is 0.757. The van der Waals surface area contributed by atoms with Crippen LogP contribution in [0.3, 0.4) is 0 Å². The van der Waals surface area contributed by atoms with E-state index in [1.807, 2.05) is 0 Å². The van der Waals surface area contributed by atoms with Gasteiger partial charge in [0.05, 0.1) is 63.4 Å². The van der Waals surface area contributed by atoms with E-state index in [1.54, 1.807) is 39.8 Å². The molecule has 6 N–H and O–H groups in total. The number of ether oxygens (including phenoxy) is 6. The van der Waals surface area contributed by atoms with Gasteiger partial charge < -0.3 is 59.1 Å². The normalized spacial score (nSPS) is 41.3. The van der Waals surface area contributed by atoms with E-state index in [0.717, 1.165) is 6.08 Å². The Labute approximate surface area is 304 Å². The van der Waals surface area contributed by atoms with E-state index < -0.39 is 102 Å². The maximum absolute atomic E-state index is 13.1. The second kappa shape index (κ2) is 16.3. The van der Waals surface area contributed by atoms with E-state index in [4.69, 9.17) is 28.4 Å². The Hall–Kier alpha value is -2.73. The SMILES string of the molecule is COC(=O)/C=C1/C[C@H]2C[C@]3(O)O[C@H](C[C@@H](O)CC(=O)O[C@@H]([C@@H](C)O)C[C@@H]4C/C(=C\C(=O)OC)[C@H](O)[C@@](O)(O4)C(C)(C)/C=C/[C@@H](C1)O2)C[C@H](O)C3(C)C. The average molecular weight is 741 g/mol. The van der Waals surface area contributed by atoms with Crippen molar-refractivity contribution in [2.24, 2.45) is 10.8 Å². The van der Waals surface area contributed by atoms with Crippen molar-refractivity contribution in [2.75, 3.05) is 14.2 Å². The lowest BCUT2D eigenvalue weighted by Gasteiger charge is -2.53. The molecule has 0 amide bonds. The van der Waals surface area contributed by atoms with E-state index in [-0.39, 0.29) is 50.5 Å². The number of carbonyl (C=O) groups excluding carboxylic acids is 3. The highest BCUT2D eigenvalue weighted by Gasteiger charge is 2.57. The van der Waals surface area contributed by atoms with Gasteiger partial charge >= 0.3 is 17.9 Å². The van der Waals surface area contributed by atoms with Gasteiger partial charge in [-0.25, -0.2) is 9.59 Å². The quantitative estimate of drug-likeness (QED) is 0.104. The van der Waals surface area contributed by atoms with Crippen LogP contribution < -0.4 is 0 Å². The van der Waals surface area contributed by atoms with Gasteiger partial charge in [0.25, 0.3) is 0 Å². The van der Waals surface area contributed by atoms with Crippen molar-refractivity contribution in [2.45, 2.75) is 152 Å². The standard InChI is InChI=1S/C37H56O15/c1-20(38)28-17-25-13-22(14-31(42)48-7)33(44)37(46,52-25)34(2,3)9-8-24-10-21(12-30(41)47-6)11-27(49-24)19-36(45)35(4,5)29(40)18-26(51-36)15-23(39)16-32(43)50-28/h8-9,12,14,20,23-29,33,38-40,44-46H,10-11,13,15-19H2,1-7H3/b9-8+,21-12+,22-14+/t20-,23-,24+,25+,26-,27+,28-,29+,33+,36+,37-/m1/s1.